The Morgan fingerprint density at radius 1 is 1.33 bits per heavy atom. The lowest BCUT2D eigenvalue weighted by atomic mass is 9.93. The first-order valence-electron chi connectivity index (χ1n) is 6.50. The molecule has 0 aromatic heterocycles. The summed E-state index contributed by atoms with van der Waals surface area (Å²) in [6.07, 6.45) is 4.88. The summed E-state index contributed by atoms with van der Waals surface area (Å²) in [6.45, 7) is 11.7. The minimum Gasteiger partial charge on any atom is -0.326 e. The van der Waals surface area contributed by atoms with Crippen molar-refractivity contribution in [2.75, 3.05) is 13.1 Å². The van der Waals surface area contributed by atoms with Crippen LogP contribution in [0.5, 0.6) is 0 Å². The van der Waals surface area contributed by atoms with Gasteiger partial charge in [0.2, 0.25) is 0 Å². The van der Waals surface area contributed by atoms with Crippen molar-refractivity contribution in [3.63, 3.8) is 0 Å². The summed E-state index contributed by atoms with van der Waals surface area (Å²) in [7, 11) is 0. The summed E-state index contributed by atoms with van der Waals surface area (Å²) in [5.74, 6) is 0. The van der Waals surface area contributed by atoms with E-state index in [2.05, 4.69) is 32.6 Å². The molecule has 90 valence electrons. The molecule has 2 nitrogen and oxygen atoms in total. The third kappa shape index (κ3) is 3.46. The monoisotopic (exact) mass is 212 g/mol. The normalized spacial score (nSPS) is 25.4. The van der Waals surface area contributed by atoms with Crippen LogP contribution in [0.25, 0.3) is 0 Å². The largest absolute Gasteiger partial charge is 0.326 e. The molecular formula is C13H28N2. The highest BCUT2D eigenvalue weighted by Crippen LogP contribution is 2.31. The fraction of sp³-hybridized carbons (Fsp3) is 1.00. The van der Waals surface area contributed by atoms with Crippen LogP contribution in [0.1, 0.15) is 53.4 Å². The Kier molecular flexibility index (Phi) is 4.60. The molecule has 0 saturated carbocycles. The van der Waals surface area contributed by atoms with Gasteiger partial charge in [0, 0.05) is 18.6 Å². The molecule has 2 unspecified atom stereocenters. The van der Waals surface area contributed by atoms with Crippen molar-refractivity contribution in [2.45, 2.75) is 65.5 Å². The van der Waals surface area contributed by atoms with Gasteiger partial charge in [-0.25, -0.2) is 0 Å². The SMILES string of the molecule is CCCC(N)C(CC)N1CCC(C)(C)C1. The molecule has 0 amide bonds. The smallest absolute Gasteiger partial charge is 0.0244 e. The van der Waals surface area contributed by atoms with E-state index in [9.17, 15) is 0 Å². The van der Waals surface area contributed by atoms with Crippen molar-refractivity contribution < 1.29 is 0 Å². The van der Waals surface area contributed by atoms with Gasteiger partial charge in [-0.3, -0.25) is 4.90 Å². The Labute approximate surface area is 95.2 Å². The average Bonchev–Trinajstić information content (AvgIpc) is 2.48. The van der Waals surface area contributed by atoms with Gasteiger partial charge in [-0.1, -0.05) is 34.1 Å². The molecule has 1 rings (SSSR count). The highest BCUT2D eigenvalue weighted by atomic mass is 15.2. The molecule has 1 saturated heterocycles. The van der Waals surface area contributed by atoms with E-state index < -0.39 is 0 Å². The van der Waals surface area contributed by atoms with Crippen molar-refractivity contribution in [3.05, 3.63) is 0 Å². The van der Waals surface area contributed by atoms with Gasteiger partial charge in [-0.05, 0) is 31.2 Å². The summed E-state index contributed by atoms with van der Waals surface area (Å²) in [5.41, 5.74) is 6.77. The second kappa shape index (κ2) is 5.31. The zero-order chi connectivity index (χ0) is 11.5. The Balaban J connectivity index is 2.52. The standard InChI is InChI=1S/C13H28N2/c1-5-7-11(14)12(6-2)15-9-8-13(3,4)10-15/h11-12H,5-10,14H2,1-4H3. The number of hydrogen-bond donors (Lipinski definition) is 1. The van der Waals surface area contributed by atoms with Crippen LogP contribution in [0.3, 0.4) is 0 Å². The van der Waals surface area contributed by atoms with Gasteiger partial charge in [0.15, 0.2) is 0 Å². The Hall–Kier alpha value is -0.0800. The summed E-state index contributed by atoms with van der Waals surface area (Å²) in [4.78, 5) is 2.61. The number of rotatable bonds is 5. The lowest BCUT2D eigenvalue weighted by Gasteiger charge is -2.32. The molecule has 1 fully saturated rings. The second-order valence-electron chi connectivity index (χ2n) is 5.81. The van der Waals surface area contributed by atoms with Crippen molar-refractivity contribution in [3.8, 4) is 0 Å². The third-order valence-corrected chi connectivity index (χ3v) is 3.71. The summed E-state index contributed by atoms with van der Waals surface area (Å²) in [6, 6.07) is 0.973. The van der Waals surface area contributed by atoms with Gasteiger partial charge in [-0.15, -0.1) is 0 Å². The van der Waals surface area contributed by atoms with Crippen LogP contribution in [-0.2, 0) is 0 Å². The minimum atomic E-state index is 0.369. The van der Waals surface area contributed by atoms with E-state index in [4.69, 9.17) is 5.73 Å². The Bertz CT molecular complexity index is 189. The van der Waals surface area contributed by atoms with Gasteiger partial charge in [0.25, 0.3) is 0 Å². The first-order valence-corrected chi connectivity index (χ1v) is 6.50. The molecule has 1 aliphatic heterocycles. The van der Waals surface area contributed by atoms with Crippen LogP contribution < -0.4 is 5.73 Å². The lowest BCUT2D eigenvalue weighted by molar-refractivity contribution is 0.180. The van der Waals surface area contributed by atoms with Gasteiger partial charge < -0.3 is 5.73 Å². The molecule has 0 aliphatic carbocycles. The topological polar surface area (TPSA) is 29.3 Å². The summed E-state index contributed by atoms with van der Waals surface area (Å²) < 4.78 is 0. The van der Waals surface area contributed by atoms with Gasteiger partial charge >= 0.3 is 0 Å². The molecule has 0 aromatic carbocycles. The van der Waals surface area contributed by atoms with E-state index in [1.54, 1.807) is 0 Å². The molecule has 1 heterocycles. The zero-order valence-electron chi connectivity index (χ0n) is 10.9. The van der Waals surface area contributed by atoms with Crippen LogP contribution in [0, 0.1) is 5.41 Å². The van der Waals surface area contributed by atoms with Gasteiger partial charge in [0.05, 0.1) is 0 Å². The maximum absolute atomic E-state index is 6.27. The van der Waals surface area contributed by atoms with Crippen LogP contribution >= 0.6 is 0 Å². The van der Waals surface area contributed by atoms with E-state index in [0.717, 1.165) is 6.42 Å². The van der Waals surface area contributed by atoms with Crippen LogP contribution in [-0.4, -0.2) is 30.1 Å². The van der Waals surface area contributed by atoms with Crippen molar-refractivity contribution in [2.24, 2.45) is 11.1 Å². The predicted molar refractivity (Wildman–Crippen MR) is 66.9 cm³/mol. The number of nitrogens with zero attached hydrogens (tertiary/aromatic N) is 1. The number of likely N-dealkylation sites (tertiary alicyclic amines) is 1. The van der Waals surface area contributed by atoms with Crippen molar-refractivity contribution >= 4 is 0 Å². The highest BCUT2D eigenvalue weighted by Gasteiger charge is 2.34. The van der Waals surface area contributed by atoms with Crippen LogP contribution in [0.2, 0.25) is 0 Å². The third-order valence-electron chi connectivity index (χ3n) is 3.71. The summed E-state index contributed by atoms with van der Waals surface area (Å²) in [5, 5.41) is 0. The van der Waals surface area contributed by atoms with E-state index >= 15 is 0 Å². The van der Waals surface area contributed by atoms with Gasteiger partial charge in [0.1, 0.15) is 0 Å². The molecule has 2 heteroatoms. The fourth-order valence-corrected chi connectivity index (χ4v) is 2.79. The average molecular weight is 212 g/mol. The predicted octanol–water partition coefficient (Wildman–Crippen LogP) is 2.62. The van der Waals surface area contributed by atoms with E-state index in [1.807, 2.05) is 0 Å². The molecule has 2 N–H and O–H groups in total. The molecule has 0 radical (unpaired) electrons. The Morgan fingerprint density at radius 2 is 2.00 bits per heavy atom. The van der Waals surface area contributed by atoms with Crippen molar-refractivity contribution in [1.82, 2.24) is 4.90 Å². The maximum atomic E-state index is 6.27. The molecule has 15 heavy (non-hydrogen) atoms. The van der Waals surface area contributed by atoms with E-state index in [-0.39, 0.29) is 0 Å². The highest BCUT2D eigenvalue weighted by molar-refractivity contribution is 4.90. The number of nitrogens with two attached hydrogens (primary N) is 1. The molecule has 1 aliphatic rings. The second-order valence-corrected chi connectivity index (χ2v) is 5.81. The Morgan fingerprint density at radius 3 is 2.40 bits per heavy atom. The lowest BCUT2D eigenvalue weighted by Crippen LogP contribution is -2.46. The molecule has 0 aromatic rings. The quantitative estimate of drug-likeness (QED) is 0.759. The molecular weight excluding hydrogens is 184 g/mol. The minimum absolute atomic E-state index is 0.369. The maximum Gasteiger partial charge on any atom is 0.0244 e. The zero-order valence-corrected chi connectivity index (χ0v) is 10.9. The summed E-state index contributed by atoms with van der Waals surface area (Å²) >= 11 is 0. The molecule has 0 spiro atoms. The fourth-order valence-electron chi connectivity index (χ4n) is 2.79. The molecule has 0 bridgehead atoms. The van der Waals surface area contributed by atoms with E-state index in [1.165, 1.54) is 32.4 Å². The number of hydrogen-bond acceptors (Lipinski definition) is 2. The molecule has 2 atom stereocenters. The van der Waals surface area contributed by atoms with Gasteiger partial charge in [-0.2, -0.15) is 0 Å². The van der Waals surface area contributed by atoms with Crippen LogP contribution in [0.4, 0.5) is 0 Å². The van der Waals surface area contributed by atoms with Crippen LogP contribution in [0.15, 0.2) is 0 Å². The first-order chi connectivity index (χ1) is 7.00. The van der Waals surface area contributed by atoms with Crippen molar-refractivity contribution in [1.29, 1.82) is 0 Å². The first kappa shape index (κ1) is 13.0. The van der Waals surface area contributed by atoms with E-state index in [0.29, 0.717) is 17.5 Å².